The van der Waals surface area contributed by atoms with Gasteiger partial charge in [0, 0.05) is 15.8 Å². The van der Waals surface area contributed by atoms with Gasteiger partial charge in [-0.25, -0.2) is 0 Å². The van der Waals surface area contributed by atoms with E-state index in [1.54, 1.807) is 0 Å². The maximum atomic E-state index is 3.52. The van der Waals surface area contributed by atoms with Gasteiger partial charge in [-0.05, 0) is 44.0 Å². The quantitative estimate of drug-likeness (QED) is 0.800. The highest BCUT2D eigenvalue weighted by atomic mass is 32.1. The molecule has 0 spiro atoms. The molecular formula is C15H17NS. The van der Waals surface area contributed by atoms with Crippen LogP contribution >= 0.6 is 11.3 Å². The zero-order valence-corrected chi connectivity index (χ0v) is 11.1. The minimum Gasteiger partial charge on any atom is -0.309 e. The lowest BCUT2D eigenvalue weighted by molar-refractivity contribution is 0.551. The number of hydrogen-bond donors (Lipinski definition) is 1. The Labute approximate surface area is 106 Å². The summed E-state index contributed by atoms with van der Waals surface area (Å²) < 4.78 is 0. The van der Waals surface area contributed by atoms with E-state index < -0.39 is 0 Å². The van der Waals surface area contributed by atoms with Gasteiger partial charge < -0.3 is 5.32 Å². The fourth-order valence-corrected chi connectivity index (χ4v) is 3.70. The molecule has 1 aromatic carbocycles. The van der Waals surface area contributed by atoms with Crippen molar-refractivity contribution in [3.8, 4) is 10.4 Å². The number of aryl methyl sites for hydroxylation is 1. The van der Waals surface area contributed by atoms with Gasteiger partial charge in [-0.3, -0.25) is 0 Å². The SMILES string of the molecule is Cc1cccc(-c2cc3c(s2)C(C)NCC3)c1. The molecule has 2 heteroatoms. The molecule has 1 unspecified atom stereocenters. The van der Waals surface area contributed by atoms with Gasteiger partial charge in [0.25, 0.3) is 0 Å². The van der Waals surface area contributed by atoms with Crippen LogP contribution in [0.4, 0.5) is 0 Å². The summed E-state index contributed by atoms with van der Waals surface area (Å²) in [5.74, 6) is 0. The standard InChI is InChI=1S/C15H17NS/c1-10-4-3-5-12(8-10)14-9-13-6-7-16-11(2)15(13)17-14/h3-5,8-9,11,16H,6-7H2,1-2H3. The average molecular weight is 243 g/mol. The first kappa shape index (κ1) is 11.0. The van der Waals surface area contributed by atoms with Crippen molar-refractivity contribution >= 4 is 11.3 Å². The van der Waals surface area contributed by atoms with E-state index in [1.807, 2.05) is 11.3 Å². The van der Waals surface area contributed by atoms with E-state index in [9.17, 15) is 0 Å². The number of fused-ring (bicyclic) bond motifs is 1. The minimum atomic E-state index is 0.516. The second-order valence-electron chi connectivity index (χ2n) is 4.80. The fraction of sp³-hybridized carbons (Fsp3) is 0.333. The van der Waals surface area contributed by atoms with Crippen molar-refractivity contribution in [1.29, 1.82) is 0 Å². The Balaban J connectivity index is 2.05. The van der Waals surface area contributed by atoms with E-state index in [-0.39, 0.29) is 0 Å². The predicted octanol–water partition coefficient (Wildman–Crippen LogP) is 3.93. The van der Waals surface area contributed by atoms with Crippen LogP contribution in [0.2, 0.25) is 0 Å². The Kier molecular flexibility index (Phi) is 2.77. The molecule has 1 atom stereocenters. The highest BCUT2D eigenvalue weighted by Crippen LogP contribution is 2.37. The summed E-state index contributed by atoms with van der Waals surface area (Å²) in [6, 6.07) is 11.7. The largest absolute Gasteiger partial charge is 0.309 e. The Hall–Kier alpha value is -1.12. The fourth-order valence-electron chi connectivity index (χ4n) is 2.46. The van der Waals surface area contributed by atoms with Crippen molar-refractivity contribution in [2.24, 2.45) is 0 Å². The number of rotatable bonds is 1. The molecule has 0 amide bonds. The topological polar surface area (TPSA) is 12.0 Å². The maximum absolute atomic E-state index is 3.52. The van der Waals surface area contributed by atoms with E-state index in [0.29, 0.717) is 6.04 Å². The van der Waals surface area contributed by atoms with Gasteiger partial charge in [-0.2, -0.15) is 0 Å². The number of nitrogens with one attached hydrogen (secondary N) is 1. The predicted molar refractivity (Wildman–Crippen MR) is 74.6 cm³/mol. The van der Waals surface area contributed by atoms with Gasteiger partial charge in [0.15, 0.2) is 0 Å². The minimum absolute atomic E-state index is 0.516. The highest BCUT2D eigenvalue weighted by Gasteiger charge is 2.19. The van der Waals surface area contributed by atoms with Crippen LogP contribution in [0.1, 0.15) is 29.0 Å². The van der Waals surface area contributed by atoms with Crippen molar-refractivity contribution in [3.63, 3.8) is 0 Å². The Morgan fingerprint density at radius 2 is 2.18 bits per heavy atom. The van der Waals surface area contributed by atoms with E-state index in [0.717, 1.165) is 6.54 Å². The summed E-state index contributed by atoms with van der Waals surface area (Å²) in [7, 11) is 0. The van der Waals surface area contributed by atoms with Crippen LogP contribution in [0.5, 0.6) is 0 Å². The number of thiophene rings is 1. The maximum Gasteiger partial charge on any atom is 0.0389 e. The van der Waals surface area contributed by atoms with Crippen LogP contribution in [0.3, 0.4) is 0 Å². The molecule has 1 aliphatic rings. The molecule has 3 rings (SSSR count). The lowest BCUT2D eigenvalue weighted by Crippen LogP contribution is -2.26. The van der Waals surface area contributed by atoms with Crippen LogP contribution in [0.25, 0.3) is 10.4 Å². The first-order valence-electron chi connectivity index (χ1n) is 6.17. The van der Waals surface area contributed by atoms with Crippen molar-refractivity contribution in [2.75, 3.05) is 6.54 Å². The molecule has 1 aromatic heterocycles. The van der Waals surface area contributed by atoms with E-state index in [4.69, 9.17) is 0 Å². The first-order chi connectivity index (χ1) is 8.24. The Morgan fingerprint density at radius 3 is 2.94 bits per heavy atom. The molecule has 0 saturated carbocycles. The summed E-state index contributed by atoms with van der Waals surface area (Å²) in [6.45, 7) is 5.52. The zero-order chi connectivity index (χ0) is 11.8. The average Bonchev–Trinajstić information content (AvgIpc) is 2.74. The summed E-state index contributed by atoms with van der Waals surface area (Å²) in [4.78, 5) is 2.93. The third-order valence-corrected chi connectivity index (χ3v) is 4.79. The highest BCUT2D eigenvalue weighted by molar-refractivity contribution is 7.15. The molecule has 0 saturated heterocycles. The van der Waals surface area contributed by atoms with E-state index in [1.165, 1.54) is 32.9 Å². The van der Waals surface area contributed by atoms with Crippen molar-refractivity contribution in [2.45, 2.75) is 26.3 Å². The lowest BCUT2D eigenvalue weighted by atomic mass is 10.0. The lowest BCUT2D eigenvalue weighted by Gasteiger charge is -2.19. The summed E-state index contributed by atoms with van der Waals surface area (Å²) >= 11 is 1.94. The van der Waals surface area contributed by atoms with Crippen molar-refractivity contribution < 1.29 is 0 Å². The molecule has 1 nitrogen and oxygen atoms in total. The molecule has 0 bridgehead atoms. The monoisotopic (exact) mass is 243 g/mol. The molecule has 0 aliphatic carbocycles. The molecule has 88 valence electrons. The Morgan fingerprint density at radius 1 is 1.29 bits per heavy atom. The van der Waals surface area contributed by atoms with Crippen LogP contribution in [-0.2, 0) is 6.42 Å². The van der Waals surface area contributed by atoms with Gasteiger partial charge in [0.1, 0.15) is 0 Å². The molecule has 0 fully saturated rings. The second-order valence-corrected chi connectivity index (χ2v) is 5.88. The molecular weight excluding hydrogens is 226 g/mol. The summed E-state index contributed by atoms with van der Waals surface area (Å²) in [5.41, 5.74) is 4.23. The van der Waals surface area contributed by atoms with Crippen LogP contribution in [0.15, 0.2) is 30.3 Å². The van der Waals surface area contributed by atoms with Crippen LogP contribution in [-0.4, -0.2) is 6.54 Å². The zero-order valence-electron chi connectivity index (χ0n) is 10.3. The van der Waals surface area contributed by atoms with Gasteiger partial charge in [-0.1, -0.05) is 29.8 Å². The number of benzene rings is 1. The number of hydrogen-bond acceptors (Lipinski definition) is 2. The smallest absolute Gasteiger partial charge is 0.0389 e. The molecule has 1 N–H and O–H groups in total. The van der Waals surface area contributed by atoms with E-state index in [2.05, 4.69) is 49.5 Å². The summed E-state index contributed by atoms with van der Waals surface area (Å²) in [5, 5.41) is 3.52. The first-order valence-corrected chi connectivity index (χ1v) is 6.99. The van der Waals surface area contributed by atoms with Crippen molar-refractivity contribution in [3.05, 3.63) is 46.3 Å². The van der Waals surface area contributed by atoms with Gasteiger partial charge in [0.05, 0.1) is 0 Å². The molecule has 0 radical (unpaired) electrons. The molecule has 17 heavy (non-hydrogen) atoms. The molecule has 2 aromatic rings. The summed E-state index contributed by atoms with van der Waals surface area (Å²) in [6.07, 6.45) is 1.17. The van der Waals surface area contributed by atoms with Crippen LogP contribution in [0, 0.1) is 6.92 Å². The molecule has 1 aliphatic heterocycles. The van der Waals surface area contributed by atoms with Gasteiger partial charge in [0.2, 0.25) is 0 Å². The second kappa shape index (κ2) is 4.28. The van der Waals surface area contributed by atoms with Gasteiger partial charge in [-0.15, -0.1) is 11.3 Å². The van der Waals surface area contributed by atoms with E-state index >= 15 is 0 Å². The molecule has 2 heterocycles. The van der Waals surface area contributed by atoms with Crippen molar-refractivity contribution in [1.82, 2.24) is 5.32 Å². The third-order valence-electron chi connectivity index (χ3n) is 3.38. The Bertz CT molecular complexity index is 542. The van der Waals surface area contributed by atoms with Gasteiger partial charge >= 0.3 is 0 Å². The normalized spacial score (nSPS) is 19.1. The van der Waals surface area contributed by atoms with Crippen LogP contribution < -0.4 is 5.32 Å². The third kappa shape index (κ3) is 2.03.